The number of phenolic OH excluding ortho intramolecular Hbond substituents is 1. The van der Waals surface area contributed by atoms with Crippen LogP contribution in [-0.4, -0.2) is 122 Å². The number of nitrogens with one attached hydrogen (secondary N) is 10. The van der Waals surface area contributed by atoms with Crippen molar-refractivity contribution < 1.29 is 43.5 Å². The Kier molecular flexibility index (Phi) is 28.1. The van der Waals surface area contributed by atoms with E-state index in [0.29, 0.717) is 29.8 Å². The Morgan fingerprint density at radius 2 is 0.919 bits per heavy atom. The first-order valence-electron chi connectivity index (χ1n) is 26.5. The van der Waals surface area contributed by atoms with Gasteiger partial charge in [-0.25, -0.2) is 9.97 Å². The van der Waals surface area contributed by atoms with Gasteiger partial charge in [-0.15, -0.1) is 0 Å². The first-order valence-corrected chi connectivity index (χ1v) is 26.5. The van der Waals surface area contributed by atoms with Crippen molar-refractivity contribution in [3.05, 3.63) is 66.3 Å². The molecular weight excluding hydrogens is 949 g/mol. The largest absolute Gasteiger partial charge is 0.508 e. The fourth-order valence-corrected chi connectivity index (χ4v) is 8.35. The number of benzene rings is 1. The van der Waals surface area contributed by atoms with Crippen molar-refractivity contribution in [1.29, 1.82) is 0 Å². The molecule has 74 heavy (non-hydrogen) atoms. The maximum Gasteiger partial charge on any atom is 0.243 e. The van der Waals surface area contributed by atoms with Crippen LogP contribution >= 0.6 is 0 Å². The highest BCUT2D eigenvalue weighted by molar-refractivity contribution is 5.97. The molecular formula is C53H84N12O9. The molecule has 0 saturated heterocycles. The van der Waals surface area contributed by atoms with E-state index in [2.05, 4.69) is 69.4 Å². The summed E-state index contributed by atoms with van der Waals surface area (Å²) in [5.41, 5.74) is 1.53. The molecule has 0 aliphatic rings. The monoisotopic (exact) mass is 1030 g/mol. The van der Waals surface area contributed by atoms with E-state index >= 15 is 0 Å². The van der Waals surface area contributed by atoms with Gasteiger partial charge >= 0.3 is 0 Å². The maximum absolute atomic E-state index is 14.0. The minimum atomic E-state index is -1.29. The molecule has 1 unspecified atom stereocenters. The van der Waals surface area contributed by atoms with Gasteiger partial charge in [-0.2, -0.15) is 0 Å². The average molecular weight is 1030 g/mol. The topological polar surface area (TPSA) is 310 Å². The number of amides is 8. The average Bonchev–Trinajstić information content (AvgIpc) is 4.09. The zero-order valence-electron chi connectivity index (χ0n) is 44.6. The molecule has 3 rings (SSSR count). The van der Waals surface area contributed by atoms with Crippen LogP contribution in [-0.2, 0) is 57.6 Å². The minimum Gasteiger partial charge on any atom is -0.508 e. The molecule has 0 aliphatic heterocycles. The summed E-state index contributed by atoms with van der Waals surface area (Å²) in [6, 6.07) is -1.85. The molecule has 7 atom stereocenters. The first kappa shape index (κ1) is 61.5. The van der Waals surface area contributed by atoms with Crippen molar-refractivity contribution in [1.82, 2.24) is 62.5 Å². The molecule has 11 N–H and O–H groups in total. The van der Waals surface area contributed by atoms with Gasteiger partial charge in [0.25, 0.3) is 0 Å². The Bertz CT molecular complexity index is 2170. The summed E-state index contributed by atoms with van der Waals surface area (Å²) in [7, 11) is 1.42. The van der Waals surface area contributed by atoms with Crippen LogP contribution in [0.2, 0.25) is 0 Å². The van der Waals surface area contributed by atoms with E-state index in [1.165, 1.54) is 123 Å². The second-order valence-electron chi connectivity index (χ2n) is 19.5. The lowest BCUT2D eigenvalue weighted by Gasteiger charge is -2.28. The number of aromatic amines is 2. The summed E-state index contributed by atoms with van der Waals surface area (Å²) in [6.45, 7) is 9.77. The van der Waals surface area contributed by atoms with Crippen LogP contribution in [0.25, 0.3) is 0 Å². The molecule has 0 bridgehead atoms. The third-order valence-electron chi connectivity index (χ3n) is 12.7. The number of aromatic nitrogens is 4. The quantitative estimate of drug-likeness (QED) is 0.0374. The Balaban J connectivity index is 1.61. The van der Waals surface area contributed by atoms with Gasteiger partial charge in [-0.1, -0.05) is 123 Å². The van der Waals surface area contributed by atoms with Crippen LogP contribution in [0, 0.1) is 5.92 Å². The number of H-pyrrole nitrogens is 2. The predicted molar refractivity (Wildman–Crippen MR) is 281 cm³/mol. The van der Waals surface area contributed by atoms with Crippen LogP contribution in [0.1, 0.15) is 155 Å². The fraction of sp³-hybridized carbons (Fsp3) is 0.623. The number of imidazole rings is 2. The molecule has 21 heteroatoms. The number of phenols is 1. The van der Waals surface area contributed by atoms with Gasteiger partial charge in [0.2, 0.25) is 47.3 Å². The van der Waals surface area contributed by atoms with Crippen molar-refractivity contribution in [3.63, 3.8) is 0 Å². The molecule has 0 radical (unpaired) electrons. The SMILES string of the molecule is CCCCCCCCCCCCCCCCC(NC(C)=O)C(=O)N[C@@H](Cc1c[nH]cn1)C(=O)N[C@@H](C)C(=O)N[C@H](C(=O)N[C@@H](Cc1c[nH]cn1)C(=O)N[C@@H](C)C(=O)N[C@@H](Cc1ccc(O)cc1)C(=O)NC)C(C)C. The number of aromatic hydroxyl groups is 1. The number of hydrogen-bond donors (Lipinski definition) is 11. The third kappa shape index (κ3) is 23.4. The molecule has 8 amide bonds. The first-order chi connectivity index (χ1) is 35.4. The van der Waals surface area contributed by atoms with E-state index in [-0.39, 0.29) is 30.9 Å². The lowest BCUT2D eigenvalue weighted by molar-refractivity contribution is -0.136. The van der Waals surface area contributed by atoms with E-state index in [1.807, 2.05) is 0 Å². The van der Waals surface area contributed by atoms with Crippen molar-refractivity contribution in [2.75, 3.05) is 7.05 Å². The van der Waals surface area contributed by atoms with Crippen molar-refractivity contribution in [2.45, 2.75) is 199 Å². The standard InChI is InChI=1S/C53H84N12O9/c1-8-9-10-11-12-13-14-15-16-17-18-19-20-21-22-42(61-37(6)66)50(71)63-44(28-39-30-55-32-57-39)51(72)60-36(5)48(69)65-46(34(2)3)53(74)64-45(29-40-31-56-33-58-40)52(73)59-35(4)47(68)62-43(49(70)54-7)27-38-23-25-41(67)26-24-38/h23-26,30-36,42-46,67H,8-22,27-29H2,1-7H3,(H,54,70)(H,55,57)(H,56,58)(H,59,73)(H,60,72)(H,61,66)(H,62,68)(H,63,71)(H,64,74)(H,65,69)/t35-,36-,42?,43-,44-,45-,46-/m0/s1. The number of hydrogen-bond acceptors (Lipinski definition) is 11. The third-order valence-corrected chi connectivity index (χ3v) is 12.7. The molecule has 410 valence electrons. The summed E-state index contributed by atoms with van der Waals surface area (Å²) in [5.74, 6) is -5.52. The molecule has 21 nitrogen and oxygen atoms in total. The van der Waals surface area contributed by atoms with Crippen LogP contribution < -0.4 is 42.5 Å². The van der Waals surface area contributed by atoms with Gasteiger partial charge in [0.1, 0.15) is 48.0 Å². The smallest absolute Gasteiger partial charge is 0.243 e. The molecule has 3 aromatic rings. The fourth-order valence-electron chi connectivity index (χ4n) is 8.35. The Hall–Kier alpha value is -6.80. The van der Waals surface area contributed by atoms with Crippen molar-refractivity contribution in [3.8, 4) is 5.75 Å². The lowest BCUT2D eigenvalue weighted by Crippen LogP contribution is -2.60. The molecule has 0 saturated carbocycles. The maximum atomic E-state index is 14.0. The second kappa shape index (κ2) is 33.8. The Morgan fingerprint density at radius 3 is 1.35 bits per heavy atom. The van der Waals surface area contributed by atoms with Gasteiger partial charge in [-0.05, 0) is 43.9 Å². The highest BCUT2D eigenvalue weighted by Crippen LogP contribution is 2.16. The Morgan fingerprint density at radius 1 is 0.500 bits per heavy atom. The summed E-state index contributed by atoms with van der Waals surface area (Å²) in [4.78, 5) is 122. The summed E-state index contributed by atoms with van der Waals surface area (Å²) < 4.78 is 0. The van der Waals surface area contributed by atoms with Crippen LogP contribution in [0.15, 0.2) is 49.3 Å². The van der Waals surface area contributed by atoms with Gasteiger partial charge in [0, 0.05) is 45.6 Å². The van der Waals surface area contributed by atoms with Crippen LogP contribution in [0.4, 0.5) is 0 Å². The summed E-state index contributed by atoms with van der Waals surface area (Å²) in [5, 5.41) is 30.9. The molecule has 2 aromatic heterocycles. The van der Waals surface area contributed by atoms with E-state index in [4.69, 9.17) is 0 Å². The summed E-state index contributed by atoms with van der Waals surface area (Å²) >= 11 is 0. The summed E-state index contributed by atoms with van der Waals surface area (Å²) in [6.07, 6.45) is 22.8. The zero-order chi connectivity index (χ0) is 54.4. The van der Waals surface area contributed by atoms with Crippen LogP contribution in [0.5, 0.6) is 5.75 Å². The highest BCUT2D eigenvalue weighted by Gasteiger charge is 2.34. The van der Waals surface area contributed by atoms with Gasteiger partial charge < -0.3 is 57.6 Å². The zero-order valence-corrected chi connectivity index (χ0v) is 44.6. The second-order valence-corrected chi connectivity index (χ2v) is 19.5. The Labute approximate surface area is 436 Å². The predicted octanol–water partition coefficient (Wildman–Crippen LogP) is 3.59. The molecule has 0 aliphatic carbocycles. The number of unbranched alkanes of at least 4 members (excludes halogenated alkanes) is 13. The van der Waals surface area contributed by atoms with Crippen molar-refractivity contribution >= 4 is 47.3 Å². The van der Waals surface area contributed by atoms with E-state index in [9.17, 15) is 43.5 Å². The lowest BCUT2D eigenvalue weighted by atomic mass is 10.0. The van der Waals surface area contributed by atoms with Crippen molar-refractivity contribution in [2.24, 2.45) is 5.92 Å². The molecule has 1 aromatic carbocycles. The number of carbonyl (C=O) groups excluding carboxylic acids is 8. The minimum absolute atomic E-state index is 0.0354. The normalized spacial score (nSPS) is 14.0. The van der Waals surface area contributed by atoms with E-state index < -0.39 is 89.6 Å². The number of rotatable bonds is 36. The van der Waals surface area contributed by atoms with Crippen LogP contribution in [0.3, 0.4) is 0 Å². The van der Waals surface area contributed by atoms with Gasteiger partial charge in [-0.3, -0.25) is 38.4 Å². The van der Waals surface area contributed by atoms with Gasteiger partial charge in [0.15, 0.2) is 0 Å². The number of likely N-dealkylation sites (N-methyl/N-ethyl adjacent to an activating group) is 1. The van der Waals surface area contributed by atoms with Gasteiger partial charge in [0.05, 0.1) is 24.0 Å². The van der Waals surface area contributed by atoms with E-state index in [0.717, 1.165) is 19.3 Å². The molecule has 0 fully saturated rings. The molecule has 2 heterocycles. The molecule has 0 spiro atoms. The van der Waals surface area contributed by atoms with E-state index in [1.54, 1.807) is 32.2 Å². The number of nitrogens with zero attached hydrogens (tertiary/aromatic N) is 2. The number of carbonyl (C=O) groups is 8. The highest BCUT2D eigenvalue weighted by atomic mass is 16.3.